The number of Topliss-reactive ketones (excluding diaryl/α,β-unsaturated/α-hetero) is 1. The summed E-state index contributed by atoms with van der Waals surface area (Å²) in [5.74, 6) is 0.811. The van der Waals surface area contributed by atoms with Crippen molar-refractivity contribution < 1.29 is 4.79 Å². The largest absolute Gasteiger partial charge is 0.325 e. The molecule has 0 saturated heterocycles. The number of ketones is 1. The zero-order chi connectivity index (χ0) is 7.14. The minimum atomic E-state index is 0.174. The number of carbonyl (C=O) groups is 1. The number of fused-ring (bicyclic) bond motifs is 1. The highest BCUT2D eigenvalue weighted by molar-refractivity contribution is 5.94. The molecule has 1 aromatic heterocycles. The number of aromatic nitrogens is 2. The summed E-state index contributed by atoms with van der Waals surface area (Å²) in [7, 11) is 0. The molecule has 0 amide bonds. The number of aryl methyl sites for hydroxylation is 1. The van der Waals surface area contributed by atoms with Crippen LogP contribution in [0.3, 0.4) is 0 Å². The fourth-order valence-corrected chi connectivity index (χ4v) is 1.29. The normalized spacial score (nSPS) is 15.9. The summed E-state index contributed by atoms with van der Waals surface area (Å²) in [6, 6.07) is 0. The second-order valence-corrected chi connectivity index (χ2v) is 2.55. The van der Waals surface area contributed by atoms with Crippen LogP contribution in [0.15, 0.2) is 6.20 Å². The van der Waals surface area contributed by atoms with Crippen LogP contribution in [0.4, 0.5) is 0 Å². The van der Waals surface area contributed by atoms with Gasteiger partial charge in [-0.15, -0.1) is 0 Å². The highest BCUT2D eigenvalue weighted by Crippen LogP contribution is 2.14. The van der Waals surface area contributed by atoms with E-state index in [0.717, 1.165) is 12.2 Å². The van der Waals surface area contributed by atoms with E-state index >= 15 is 0 Å². The van der Waals surface area contributed by atoms with Crippen molar-refractivity contribution >= 4 is 5.78 Å². The zero-order valence-corrected chi connectivity index (χ0v) is 5.79. The molecule has 0 aromatic carbocycles. The number of hydrogen-bond donors (Lipinski definition) is 0. The van der Waals surface area contributed by atoms with Crippen molar-refractivity contribution in [2.45, 2.75) is 19.9 Å². The van der Waals surface area contributed by atoms with Crippen LogP contribution in [0.1, 0.15) is 22.7 Å². The highest BCUT2D eigenvalue weighted by Gasteiger charge is 2.21. The van der Waals surface area contributed by atoms with Crippen LogP contribution in [-0.2, 0) is 6.54 Å². The van der Waals surface area contributed by atoms with Crippen molar-refractivity contribution in [3.05, 3.63) is 17.7 Å². The molecule has 0 fully saturated rings. The minimum Gasteiger partial charge on any atom is -0.325 e. The van der Waals surface area contributed by atoms with Crippen LogP contribution in [0.2, 0.25) is 0 Å². The number of carbonyl (C=O) groups excluding carboxylic acids is 1. The Kier molecular flexibility index (Phi) is 0.952. The Hall–Kier alpha value is -1.12. The summed E-state index contributed by atoms with van der Waals surface area (Å²) in [5, 5.41) is 0. The lowest BCUT2D eigenvalue weighted by Gasteiger charge is -1.94. The van der Waals surface area contributed by atoms with Gasteiger partial charge in [-0.1, -0.05) is 0 Å². The lowest BCUT2D eigenvalue weighted by Crippen LogP contribution is -1.95. The standard InChI is InChI=1S/C7H8N2O/c1-5-4-8-7-6(10)2-3-9(5)7/h4H,2-3H2,1H3. The van der Waals surface area contributed by atoms with E-state index < -0.39 is 0 Å². The van der Waals surface area contributed by atoms with Crippen molar-refractivity contribution in [1.29, 1.82) is 0 Å². The summed E-state index contributed by atoms with van der Waals surface area (Å²) in [6.07, 6.45) is 2.37. The lowest BCUT2D eigenvalue weighted by molar-refractivity contribution is 0.0990. The third kappa shape index (κ3) is 0.546. The molecule has 10 heavy (non-hydrogen) atoms. The summed E-state index contributed by atoms with van der Waals surface area (Å²) in [4.78, 5) is 15.0. The van der Waals surface area contributed by atoms with E-state index in [4.69, 9.17) is 0 Å². The fraction of sp³-hybridized carbons (Fsp3) is 0.429. The Labute approximate surface area is 58.7 Å². The van der Waals surface area contributed by atoms with Gasteiger partial charge < -0.3 is 4.57 Å². The van der Waals surface area contributed by atoms with E-state index in [1.54, 1.807) is 6.20 Å². The van der Waals surface area contributed by atoms with Crippen LogP contribution >= 0.6 is 0 Å². The van der Waals surface area contributed by atoms with Gasteiger partial charge in [-0.05, 0) is 6.92 Å². The van der Waals surface area contributed by atoms with Crippen molar-refractivity contribution in [2.75, 3.05) is 0 Å². The average molecular weight is 136 g/mol. The van der Waals surface area contributed by atoms with Crippen molar-refractivity contribution in [3.63, 3.8) is 0 Å². The summed E-state index contributed by atoms with van der Waals surface area (Å²) < 4.78 is 1.96. The van der Waals surface area contributed by atoms with E-state index in [-0.39, 0.29) is 5.78 Å². The smallest absolute Gasteiger partial charge is 0.200 e. The zero-order valence-electron chi connectivity index (χ0n) is 5.79. The Bertz CT molecular complexity index is 288. The first-order valence-electron chi connectivity index (χ1n) is 3.34. The van der Waals surface area contributed by atoms with Crippen LogP contribution in [0, 0.1) is 6.92 Å². The van der Waals surface area contributed by atoms with E-state index in [1.165, 1.54) is 0 Å². The maximum atomic E-state index is 11.0. The number of rotatable bonds is 0. The summed E-state index contributed by atoms with van der Waals surface area (Å²) in [6.45, 7) is 2.79. The molecule has 3 nitrogen and oxygen atoms in total. The molecule has 0 unspecified atom stereocenters. The van der Waals surface area contributed by atoms with E-state index in [9.17, 15) is 4.79 Å². The van der Waals surface area contributed by atoms with Gasteiger partial charge in [0.05, 0.1) is 0 Å². The Morgan fingerprint density at radius 2 is 2.50 bits per heavy atom. The second kappa shape index (κ2) is 1.68. The van der Waals surface area contributed by atoms with Crippen LogP contribution in [0.25, 0.3) is 0 Å². The van der Waals surface area contributed by atoms with Crippen molar-refractivity contribution in [2.24, 2.45) is 0 Å². The van der Waals surface area contributed by atoms with Gasteiger partial charge in [0.15, 0.2) is 11.6 Å². The van der Waals surface area contributed by atoms with E-state index in [0.29, 0.717) is 12.2 Å². The maximum Gasteiger partial charge on any atom is 0.200 e. The first kappa shape index (κ1) is 5.65. The van der Waals surface area contributed by atoms with Gasteiger partial charge in [0, 0.05) is 24.9 Å². The molecule has 1 aromatic rings. The highest BCUT2D eigenvalue weighted by atomic mass is 16.1. The molecule has 0 aliphatic carbocycles. The van der Waals surface area contributed by atoms with Crippen LogP contribution in [0.5, 0.6) is 0 Å². The van der Waals surface area contributed by atoms with Gasteiger partial charge in [0.25, 0.3) is 0 Å². The van der Waals surface area contributed by atoms with Gasteiger partial charge in [-0.2, -0.15) is 0 Å². The molecular weight excluding hydrogens is 128 g/mol. The molecule has 52 valence electrons. The summed E-state index contributed by atoms with van der Waals surface area (Å²) in [5.41, 5.74) is 1.08. The monoisotopic (exact) mass is 136 g/mol. The quantitative estimate of drug-likeness (QED) is 0.528. The van der Waals surface area contributed by atoms with Gasteiger partial charge in [-0.25, -0.2) is 4.98 Å². The predicted octanol–water partition coefficient (Wildman–Crippen LogP) is 0.778. The third-order valence-electron chi connectivity index (χ3n) is 1.87. The molecule has 3 heteroatoms. The minimum absolute atomic E-state index is 0.174. The number of hydrogen-bond acceptors (Lipinski definition) is 2. The van der Waals surface area contributed by atoms with Gasteiger partial charge >= 0.3 is 0 Å². The van der Waals surface area contributed by atoms with Crippen molar-refractivity contribution in [3.8, 4) is 0 Å². The molecule has 1 aliphatic rings. The fourth-order valence-electron chi connectivity index (χ4n) is 1.29. The molecule has 0 saturated carbocycles. The molecule has 0 bridgehead atoms. The van der Waals surface area contributed by atoms with Crippen LogP contribution < -0.4 is 0 Å². The number of imidazole rings is 1. The average Bonchev–Trinajstić information content (AvgIpc) is 2.41. The first-order valence-corrected chi connectivity index (χ1v) is 3.34. The molecule has 2 heterocycles. The van der Waals surface area contributed by atoms with Crippen molar-refractivity contribution in [1.82, 2.24) is 9.55 Å². The molecule has 1 aliphatic heterocycles. The molecule has 0 atom stereocenters. The Morgan fingerprint density at radius 1 is 1.70 bits per heavy atom. The summed E-state index contributed by atoms with van der Waals surface area (Å²) >= 11 is 0. The van der Waals surface area contributed by atoms with Gasteiger partial charge in [0.1, 0.15) is 0 Å². The van der Waals surface area contributed by atoms with E-state index in [1.807, 2.05) is 11.5 Å². The second-order valence-electron chi connectivity index (χ2n) is 2.55. The SMILES string of the molecule is Cc1cnc2n1CCC2=O. The Balaban J connectivity index is 2.63. The molecule has 0 N–H and O–H groups in total. The van der Waals surface area contributed by atoms with Crippen LogP contribution in [-0.4, -0.2) is 15.3 Å². The topological polar surface area (TPSA) is 34.9 Å². The molecular formula is C7H8N2O. The first-order chi connectivity index (χ1) is 4.79. The third-order valence-corrected chi connectivity index (χ3v) is 1.87. The molecule has 2 rings (SSSR count). The lowest BCUT2D eigenvalue weighted by atomic mass is 10.3. The predicted molar refractivity (Wildman–Crippen MR) is 35.9 cm³/mol. The van der Waals surface area contributed by atoms with Gasteiger partial charge in [-0.3, -0.25) is 4.79 Å². The number of nitrogens with zero attached hydrogens (tertiary/aromatic N) is 2. The van der Waals surface area contributed by atoms with Gasteiger partial charge in [0.2, 0.25) is 0 Å². The maximum absolute atomic E-state index is 11.0. The van der Waals surface area contributed by atoms with E-state index in [2.05, 4.69) is 4.98 Å². The molecule has 0 spiro atoms. The molecule has 0 radical (unpaired) electrons. The Morgan fingerprint density at radius 3 is 3.20 bits per heavy atom.